The van der Waals surface area contributed by atoms with Crippen molar-refractivity contribution in [3.8, 4) is 0 Å². The molecular weight excluding hydrogens is 234 g/mol. The molecule has 1 spiro atoms. The fourth-order valence-electron chi connectivity index (χ4n) is 3.57. The molecule has 0 aromatic rings. The van der Waals surface area contributed by atoms with Crippen molar-refractivity contribution in [2.75, 3.05) is 19.7 Å². The van der Waals surface area contributed by atoms with E-state index in [0.717, 1.165) is 6.42 Å². The van der Waals surface area contributed by atoms with Gasteiger partial charge in [0.25, 0.3) is 0 Å². The number of cyclic esters (lactones) is 1. The first-order valence-electron chi connectivity index (χ1n) is 6.45. The molecule has 5 heteroatoms. The highest BCUT2D eigenvalue weighted by molar-refractivity contribution is 5.79. The molecule has 2 bridgehead atoms. The topological polar surface area (TPSA) is 55.8 Å². The predicted molar refractivity (Wildman–Crippen MR) is 62.8 cm³/mol. The number of hydrogen-bond acceptors (Lipinski definition) is 4. The lowest BCUT2D eigenvalue weighted by Gasteiger charge is -2.56. The number of carbonyl (C=O) groups excluding carboxylic acids is 2. The lowest BCUT2D eigenvalue weighted by atomic mass is 9.52. The molecule has 0 radical (unpaired) electrons. The summed E-state index contributed by atoms with van der Waals surface area (Å²) in [5.41, 5.74) is -0.589. The second-order valence-electron chi connectivity index (χ2n) is 6.77. The largest absolute Gasteiger partial charge is 0.465 e. The third-order valence-electron chi connectivity index (χ3n) is 4.17. The van der Waals surface area contributed by atoms with Gasteiger partial charge in [0.05, 0.1) is 12.5 Å². The lowest BCUT2D eigenvalue weighted by molar-refractivity contribution is -0.151. The van der Waals surface area contributed by atoms with Gasteiger partial charge in [0.2, 0.25) is 0 Å². The van der Waals surface area contributed by atoms with Crippen molar-refractivity contribution >= 4 is 12.1 Å². The lowest BCUT2D eigenvalue weighted by Crippen LogP contribution is -2.64. The van der Waals surface area contributed by atoms with E-state index in [1.165, 1.54) is 0 Å². The summed E-state index contributed by atoms with van der Waals surface area (Å²) in [5.74, 6) is 0.215. The van der Waals surface area contributed by atoms with E-state index >= 15 is 0 Å². The molecule has 4 aliphatic rings. The van der Waals surface area contributed by atoms with Gasteiger partial charge < -0.3 is 14.4 Å². The number of ether oxygens (including phenoxy) is 2. The minimum atomic E-state index is -0.474. The van der Waals surface area contributed by atoms with Gasteiger partial charge in [-0.15, -0.1) is 0 Å². The highest BCUT2D eigenvalue weighted by Crippen LogP contribution is 2.59. The van der Waals surface area contributed by atoms with Gasteiger partial charge >= 0.3 is 12.1 Å². The van der Waals surface area contributed by atoms with E-state index in [1.807, 2.05) is 20.8 Å². The monoisotopic (exact) mass is 253 g/mol. The molecule has 0 unspecified atom stereocenters. The summed E-state index contributed by atoms with van der Waals surface area (Å²) >= 11 is 0. The SMILES string of the molecule is CC(C)(C)OC(=O)N1C[C@H]2C[C@@]3(COC(=O)[C@H]23)C1. The fraction of sp³-hybridized carbons (Fsp3) is 0.846. The van der Waals surface area contributed by atoms with Gasteiger partial charge in [0.15, 0.2) is 0 Å². The molecule has 18 heavy (non-hydrogen) atoms. The maximum absolute atomic E-state index is 12.0. The Morgan fingerprint density at radius 2 is 2.22 bits per heavy atom. The van der Waals surface area contributed by atoms with Crippen molar-refractivity contribution in [3.05, 3.63) is 0 Å². The van der Waals surface area contributed by atoms with Crippen molar-refractivity contribution in [1.82, 2.24) is 4.90 Å². The summed E-state index contributed by atoms with van der Waals surface area (Å²) in [5, 5.41) is 0. The van der Waals surface area contributed by atoms with Gasteiger partial charge in [0.1, 0.15) is 5.60 Å². The number of esters is 1. The second-order valence-corrected chi connectivity index (χ2v) is 6.77. The summed E-state index contributed by atoms with van der Waals surface area (Å²) in [6, 6.07) is 0. The molecular formula is C13H19NO4. The Bertz CT molecular complexity index is 414. The summed E-state index contributed by atoms with van der Waals surface area (Å²) in [6.45, 7) is 7.26. The van der Waals surface area contributed by atoms with Crippen molar-refractivity contribution in [2.45, 2.75) is 32.8 Å². The molecule has 3 aliphatic heterocycles. The van der Waals surface area contributed by atoms with Gasteiger partial charge in [-0.05, 0) is 33.1 Å². The van der Waals surface area contributed by atoms with Crippen LogP contribution in [0.5, 0.6) is 0 Å². The molecule has 0 aromatic heterocycles. The molecule has 5 nitrogen and oxygen atoms in total. The van der Waals surface area contributed by atoms with Crippen LogP contribution in [0.4, 0.5) is 4.79 Å². The van der Waals surface area contributed by atoms with Crippen molar-refractivity contribution in [2.24, 2.45) is 17.3 Å². The average Bonchev–Trinajstić information content (AvgIpc) is 2.48. The molecule has 1 saturated carbocycles. The first-order valence-corrected chi connectivity index (χ1v) is 6.45. The molecule has 1 aliphatic carbocycles. The standard InChI is InChI=1S/C13H19NO4/c1-12(2,3)18-11(16)14-5-8-4-13(6-14)7-17-10(15)9(8)13/h8-9H,4-7H2,1-3H3/t8-,9+,13+/m1/s1. The van der Waals surface area contributed by atoms with E-state index in [-0.39, 0.29) is 29.3 Å². The van der Waals surface area contributed by atoms with Crippen LogP contribution in [0.1, 0.15) is 27.2 Å². The molecule has 100 valence electrons. The highest BCUT2D eigenvalue weighted by Gasteiger charge is 2.66. The van der Waals surface area contributed by atoms with Gasteiger partial charge in [-0.1, -0.05) is 0 Å². The van der Waals surface area contributed by atoms with Crippen LogP contribution < -0.4 is 0 Å². The Morgan fingerprint density at radius 3 is 2.89 bits per heavy atom. The quantitative estimate of drug-likeness (QED) is 0.613. The molecule has 3 saturated heterocycles. The van der Waals surface area contributed by atoms with Crippen LogP contribution in [-0.2, 0) is 14.3 Å². The zero-order chi connectivity index (χ0) is 13.1. The Hall–Kier alpha value is -1.26. The van der Waals surface area contributed by atoms with Crippen molar-refractivity contribution in [1.29, 1.82) is 0 Å². The molecule has 0 N–H and O–H groups in total. The van der Waals surface area contributed by atoms with Crippen molar-refractivity contribution < 1.29 is 19.1 Å². The smallest absolute Gasteiger partial charge is 0.410 e. The van der Waals surface area contributed by atoms with Gasteiger partial charge in [-0.25, -0.2) is 4.79 Å². The van der Waals surface area contributed by atoms with E-state index in [0.29, 0.717) is 19.7 Å². The van der Waals surface area contributed by atoms with Crippen LogP contribution in [-0.4, -0.2) is 42.3 Å². The van der Waals surface area contributed by atoms with E-state index < -0.39 is 5.60 Å². The van der Waals surface area contributed by atoms with Crippen LogP contribution in [0.25, 0.3) is 0 Å². The third kappa shape index (κ3) is 1.60. The minimum Gasteiger partial charge on any atom is -0.465 e. The average molecular weight is 253 g/mol. The maximum Gasteiger partial charge on any atom is 0.410 e. The van der Waals surface area contributed by atoms with Crippen LogP contribution in [0, 0.1) is 17.3 Å². The predicted octanol–water partition coefficient (Wildman–Crippen LogP) is 1.42. The summed E-state index contributed by atoms with van der Waals surface area (Å²) < 4.78 is 10.5. The number of carbonyl (C=O) groups is 2. The van der Waals surface area contributed by atoms with Crippen LogP contribution >= 0.6 is 0 Å². The Labute approximate surface area is 106 Å². The summed E-state index contributed by atoms with van der Waals surface area (Å²) in [4.78, 5) is 25.4. The maximum atomic E-state index is 12.0. The first kappa shape index (κ1) is 11.8. The number of rotatable bonds is 0. The van der Waals surface area contributed by atoms with Crippen LogP contribution in [0.2, 0.25) is 0 Å². The van der Waals surface area contributed by atoms with Crippen LogP contribution in [0.15, 0.2) is 0 Å². The first-order chi connectivity index (χ1) is 8.31. The Morgan fingerprint density at radius 1 is 1.50 bits per heavy atom. The van der Waals surface area contributed by atoms with Crippen LogP contribution in [0.3, 0.4) is 0 Å². The number of fused-ring (bicyclic) bond motifs is 2. The van der Waals surface area contributed by atoms with Gasteiger partial charge in [-0.2, -0.15) is 0 Å². The van der Waals surface area contributed by atoms with E-state index in [9.17, 15) is 9.59 Å². The van der Waals surface area contributed by atoms with Crippen molar-refractivity contribution in [3.63, 3.8) is 0 Å². The Kier molecular flexibility index (Phi) is 2.23. The van der Waals surface area contributed by atoms with Gasteiger partial charge in [0, 0.05) is 18.5 Å². The van der Waals surface area contributed by atoms with E-state index in [4.69, 9.17) is 9.47 Å². The second kappa shape index (κ2) is 3.39. The number of piperidine rings is 2. The highest BCUT2D eigenvalue weighted by atomic mass is 16.6. The van der Waals surface area contributed by atoms with E-state index in [1.54, 1.807) is 4.90 Å². The molecule has 0 aromatic carbocycles. The van der Waals surface area contributed by atoms with Gasteiger partial charge in [-0.3, -0.25) is 4.79 Å². The van der Waals surface area contributed by atoms with E-state index in [2.05, 4.69) is 0 Å². The number of hydrogen-bond donors (Lipinski definition) is 0. The molecule has 1 amide bonds. The fourth-order valence-corrected chi connectivity index (χ4v) is 3.57. The zero-order valence-corrected chi connectivity index (χ0v) is 11.1. The third-order valence-corrected chi connectivity index (χ3v) is 4.17. The zero-order valence-electron chi connectivity index (χ0n) is 11.1. The number of nitrogens with zero attached hydrogens (tertiary/aromatic N) is 1. The minimum absolute atomic E-state index is 0.0242. The molecule has 4 fully saturated rings. The number of amides is 1. The molecule has 3 atom stereocenters. The summed E-state index contributed by atoms with van der Waals surface area (Å²) in [7, 11) is 0. The Balaban J connectivity index is 1.69. The molecule has 3 heterocycles. The molecule has 4 rings (SSSR count). The summed E-state index contributed by atoms with van der Waals surface area (Å²) in [6.07, 6.45) is 0.729. The normalized spacial score (nSPS) is 37.7.